The molecule has 0 bridgehead atoms. The SMILES string of the molecule is O=C(Cc1cccc(N2C(=O)C=CC2=O)c1)ON1C(=O)CCC1=O. The van der Waals surface area contributed by atoms with Crippen molar-refractivity contribution >= 4 is 35.3 Å². The van der Waals surface area contributed by atoms with E-state index in [2.05, 4.69) is 0 Å². The lowest BCUT2D eigenvalue weighted by Crippen LogP contribution is -2.32. The number of anilines is 1. The van der Waals surface area contributed by atoms with Crippen molar-refractivity contribution < 1.29 is 28.8 Å². The summed E-state index contributed by atoms with van der Waals surface area (Å²) >= 11 is 0. The van der Waals surface area contributed by atoms with Crippen LogP contribution in [0.25, 0.3) is 0 Å². The lowest BCUT2D eigenvalue weighted by atomic mass is 10.1. The van der Waals surface area contributed by atoms with Crippen LogP contribution in [0, 0.1) is 0 Å². The molecule has 0 atom stereocenters. The summed E-state index contributed by atoms with van der Waals surface area (Å²) in [6, 6.07) is 6.25. The summed E-state index contributed by atoms with van der Waals surface area (Å²) < 4.78 is 0. The van der Waals surface area contributed by atoms with Crippen LogP contribution < -0.4 is 4.90 Å². The van der Waals surface area contributed by atoms with Gasteiger partial charge in [0.05, 0.1) is 12.1 Å². The molecule has 1 saturated heterocycles. The predicted octanol–water partition coefficient (Wildman–Crippen LogP) is 0.266. The van der Waals surface area contributed by atoms with E-state index in [9.17, 15) is 24.0 Å². The van der Waals surface area contributed by atoms with Crippen LogP contribution in [0.3, 0.4) is 0 Å². The van der Waals surface area contributed by atoms with Crippen molar-refractivity contribution in [3.05, 3.63) is 42.0 Å². The van der Waals surface area contributed by atoms with Gasteiger partial charge in [-0.1, -0.05) is 12.1 Å². The van der Waals surface area contributed by atoms with Gasteiger partial charge in [-0.05, 0) is 17.7 Å². The Morgan fingerprint density at radius 2 is 1.62 bits per heavy atom. The highest BCUT2D eigenvalue weighted by molar-refractivity contribution is 6.28. The maximum Gasteiger partial charge on any atom is 0.337 e. The standard InChI is InChI=1S/C16H12N2O6/c19-12-4-5-13(20)17(12)11-3-1-2-10(8-11)9-16(23)24-18-14(21)6-7-15(18)22/h1-5,8H,6-7,9H2. The van der Waals surface area contributed by atoms with E-state index in [0.29, 0.717) is 16.3 Å². The first-order chi connectivity index (χ1) is 11.5. The molecule has 8 nitrogen and oxygen atoms in total. The molecule has 2 heterocycles. The van der Waals surface area contributed by atoms with E-state index in [1.54, 1.807) is 18.2 Å². The summed E-state index contributed by atoms with van der Waals surface area (Å²) in [6.45, 7) is 0. The van der Waals surface area contributed by atoms with Gasteiger partial charge in [0.15, 0.2) is 0 Å². The van der Waals surface area contributed by atoms with Crippen LogP contribution in [0.2, 0.25) is 0 Å². The minimum absolute atomic E-state index is 0.0216. The summed E-state index contributed by atoms with van der Waals surface area (Å²) in [5.74, 6) is -2.82. The Hall–Kier alpha value is -3.29. The number of rotatable bonds is 4. The van der Waals surface area contributed by atoms with Crippen LogP contribution in [-0.4, -0.2) is 34.7 Å². The zero-order valence-electron chi connectivity index (χ0n) is 12.4. The van der Waals surface area contributed by atoms with Gasteiger partial charge in [-0.25, -0.2) is 9.69 Å². The molecule has 1 aromatic carbocycles. The van der Waals surface area contributed by atoms with E-state index in [0.717, 1.165) is 17.1 Å². The number of hydrogen-bond acceptors (Lipinski definition) is 6. The van der Waals surface area contributed by atoms with Crippen LogP contribution in [0.1, 0.15) is 18.4 Å². The lowest BCUT2D eigenvalue weighted by Gasteiger charge is -2.15. The first kappa shape index (κ1) is 15.6. The Morgan fingerprint density at radius 3 is 2.25 bits per heavy atom. The van der Waals surface area contributed by atoms with Crippen molar-refractivity contribution in [1.29, 1.82) is 0 Å². The van der Waals surface area contributed by atoms with Gasteiger partial charge in [0.2, 0.25) is 0 Å². The first-order valence-corrected chi connectivity index (χ1v) is 7.17. The first-order valence-electron chi connectivity index (χ1n) is 7.17. The van der Waals surface area contributed by atoms with Gasteiger partial charge in [-0.15, -0.1) is 5.06 Å². The monoisotopic (exact) mass is 328 g/mol. The number of carbonyl (C=O) groups excluding carboxylic acids is 5. The molecule has 0 N–H and O–H groups in total. The number of imide groups is 2. The molecule has 8 heteroatoms. The summed E-state index contributed by atoms with van der Waals surface area (Å²) in [5, 5.41) is 0.476. The number of nitrogens with zero attached hydrogens (tertiary/aromatic N) is 2. The third-order valence-electron chi connectivity index (χ3n) is 3.53. The van der Waals surface area contributed by atoms with Crippen molar-refractivity contribution in [3.8, 4) is 0 Å². The van der Waals surface area contributed by atoms with Crippen molar-refractivity contribution in [2.45, 2.75) is 19.3 Å². The van der Waals surface area contributed by atoms with Crippen LogP contribution in [0.15, 0.2) is 36.4 Å². The van der Waals surface area contributed by atoms with E-state index >= 15 is 0 Å². The third-order valence-corrected chi connectivity index (χ3v) is 3.53. The summed E-state index contributed by atoms with van der Waals surface area (Å²) in [5.41, 5.74) is 0.803. The highest BCUT2D eigenvalue weighted by Crippen LogP contribution is 2.21. The molecule has 0 spiro atoms. The molecular formula is C16H12N2O6. The molecule has 0 aliphatic carbocycles. The highest BCUT2D eigenvalue weighted by atomic mass is 16.7. The average molecular weight is 328 g/mol. The van der Waals surface area contributed by atoms with Crippen LogP contribution >= 0.6 is 0 Å². The van der Waals surface area contributed by atoms with Crippen LogP contribution in [0.5, 0.6) is 0 Å². The number of carbonyl (C=O) groups is 5. The third kappa shape index (κ3) is 2.94. The van der Waals surface area contributed by atoms with E-state index in [-0.39, 0.29) is 19.3 Å². The number of hydrogen-bond donors (Lipinski definition) is 0. The predicted molar refractivity (Wildman–Crippen MR) is 79.0 cm³/mol. The molecule has 0 aromatic heterocycles. The van der Waals surface area contributed by atoms with Crippen LogP contribution in [-0.2, 0) is 35.2 Å². The smallest absolute Gasteiger partial charge is 0.330 e. The van der Waals surface area contributed by atoms with Gasteiger partial charge < -0.3 is 4.84 Å². The Balaban J connectivity index is 1.70. The van der Waals surface area contributed by atoms with E-state index in [1.807, 2.05) is 0 Å². The second kappa shape index (κ2) is 6.07. The molecule has 2 aliphatic heterocycles. The molecule has 0 radical (unpaired) electrons. The normalized spacial score (nSPS) is 17.2. The maximum absolute atomic E-state index is 11.9. The van der Waals surface area contributed by atoms with E-state index < -0.39 is 29.6 Å². The fourth-order valence-electron chi connectivity index (χ4n) is 2.42. The van der Waals surface area contributed by atoms with Gasteiger partial charge >= 0.3 is 5.97 Å². The zero-order chi connectivity index (χ0) is 17.3. The summed E-state index contributed by atoms with van der Waals surface area (Å²) in [6.07, 6.45) is 2.15. The fraction of sp³-hybridized carbons (Fsp3) is 0.188. The second-order valence-corrected chi connectivity index (χ2v) is 5.24. The van der Waals surface area contributed by atoms with Gasteiger partial charge in [0.1, 0.15) is 0 Å². The molecule has 1 fully saturated rings. The van der Waals surface area contributed by atoms with Gasteiger partial charge in [0, 0.05) is 25.0 Å². The minimum Gasteiger partial charge on any atom is -0.330 e. The Bertz CT molecular complexity index is 764. The van der Waals surface area contributed by atoms with Crippen molar-refractivity contribution in [3.63, 3.8) is 0 Å². The molecule has 1 aromatic rings. The van der Waals surface area contributed by atoms with Crippen molar-refractivity contribution in [1.82, 2.24) is 5.06 Å². The molecule has 0 unspecified atom stereocenters. The topological polar surface area (TPSA) is 101 Å². The second-order valence-electron chi connectivity index (χ2n) is 5.24. The van der Waals surface area contributed by atoms with E-state index in [1.165, 1.54) is 6.07 Å². The van der Waals surface area contributed by atoms with E-state index in [4.69, 9.17) is 4.84 Å². The molecule has 4 amide bonds. The van der Waals surface area contributed by atoms with Gasteiger partial charge in [0.25, 0.3) is 23.6 Å². The fourth-order valence-corrected chi connectivity index (χ4v) is 2.42. The van der Waals surface area contributed by atoms with Gasteiger partial charge in [-0.2, -0.15) is 0 Å². The Kier molecular flexibility index (Phi) is 3.95. The molecule has 2 aliphatic rings. The van der Waals surface area contributed by atoms with Crippen LogP contribution in [0.4, 0.5) is 5.69 Å². The molecular weight excluding hydrogens is 316 g/mol. The molecule has 24 heavy (non-hydrogen) atoms. The molecule has 3 rings (SSSR count). The average Bonchev–Trinajstić information content (AvgIpc) is 3.03. The summed E-state index contributed by atoms with van der Waals surface area (Å²) in [7, 11) is 0. The molecule has 0 saturated carbocycles. The lowest BCUT2D eigenvalue weighted by molar-refractivity contribution is -0.197. The zero-order valence-corrected chi connectivity index (χ0v) is 12.4. The summed E-state index contributed by atoms with van der Waals surface area (Å²) in [4.78, 5) is 63.8. The largest absolute Gasteiger partial charge is 0.337 e. The quantitative estimate of drug-likeness (QED) is 0.735. The van der Waals surface area contributed by atoms with Crippen molar-refractivity contribution in [2.75, 3.05) is 4.90 Å². The molecule has 122 valence electrons. The minimum atomic E-state index is -0.784. The Labute approximate surface area is 136 Å². The number of benzene rings is 1. The number of hydroxylamine groups is 2. The van der Waals surface area contributed by atoms with Gasteiger partial charge in [-0.3, -0.25) is 19.2 Å². The van der Waals surface area contributed by atoms with Crippen molar-refractivity contribution in [2.24, 2.45) is 0 Å². The number of amides is 4. The Morgan fingerprint density at radius 1 is 1.00 bits per heavy atom. The maximum atomic E-state index is 11.9. The highest BCUT2D eigenvalue weighted by Gasteiger charge is 2.33.